The van der Waals surface area contributed by atoms with Crippen molar-refractivity contribution in [2.24, 2.45) is 0 Å². The number of nitriles is 1. The Kier molecular flexibility index (Phi) is 11.3. The molecule has 0 spiro atoms. The summed E-state index contributed by atoms with van der Waals surface area (Å²) in [7, 11) is 1.59. The predicted molar refractivity (Wildman–Crippen MR) is 143 cm³/mol. The van der Waals surface area contributed by atoms with E-state index in [1.807, 2.05) is 4.90 Å². The third kappa shape index (κ3) is 7.92. The molecule has 8 nitrogen and oxygen atoms in total. The van der Waals surface area contributed by atoms with Crippen LogP contribution in [0.3, 0.4) is 0 Å². The third-order valence-electron chi connectivity index (χ3n) is 7.52. The Hall–Kier alpha value is -3.23. The van der Waals surface area contributed by atoms with Crippen molar-refractivity contribution in [2.45, 2.75) is 64.5 Å². The Balaban J connectivity index is 1.36. The number of imide groups is 1. The number of ether oxygens (including phenoxy) is 1. The highest BCUT2D eigenvalue weighted by atomic mass is 19.4. The molecule has 1 fully saturated rings. The van der Waals surface area contributed by atoms with E-state index in [1.54, 1.807) is 7.11 Å². The first-order valence-electron chi connectivity index (χ1n) is 13.8. The van der Waals surface area contributed by atoms with E-state index in [2.05, 4.69) is 4.90 Å². The quantitative estimate of drug-likeness (QED) is 0.256. The normalized spacial score (nSPS) is 16.7. The van der Waals surface area contributed by atoms with Gasteiger partial charge in [-0.3, -0.25) is 19.3 Å². The highest BCUT2D eigenvalue weighted by Gasteiger charge is 2.39. The van der Waals surface area contributed by atoms with Crippen LogP contribution >= 0.6 is 0 Å². The summed E-state index contributed by atoms with van der Waals surface area (Å²) in [5, 5.41) is 9.00. The third-order valence-corrected chi connectivity index (χ3v) is 7.52. The molecule has 3 rings (SSSR count). The molecule has 0 aliphatic carbocycles. The lowest BCUT2D eigenvalue weighted by molar-refractivity contribution is -0.138. The van der Waals surface area contributed by atoms with Crippen LogP contribution in [-0.4, -0.2) is 74.0 Å². The average Bonchev–Trinajstić information content (AvgIpc) is 3.15. The molecule has 218 valence electrons. The van der Waals surface area contributed by atoms with Gasteiger partial charge in [-0.2, -0.15) is 18.4 Å². The zero-order valence-electron chi connectivity index (χ0n) is 23.2. The van der Waals surface area contributed by atoms with Gasteiger partial charge in [0.05, 0.1) is 35.9 Å². The Morgan fingerprint density at radius 1 is 1.00 bits per heavy atom. The molecule has 0 saturated carbocycles. The van der Waals surface area contributed by atoms with Gasteiger partial charge in [-0.05, 0) is 50.9 Å². The summed E-state index contributed by atoms with van der Waals surface area (Å²) in [5.41, 5.74) is -1.33. The van der Waals surface area contributed by atoms with Crippen LogP contribution in [0.25, 0.3) is 0 Å². The van der Waals surface area contributed by atoms with Crippen molar-refractivity contribution < 1.29 is 32.3 Å². The van der Waals surface area contributed by atoms with Crippen LogP contribution in [0.2, 0.25) is 0 Å². The van der Waals surface area contributed by atoms with Crippen molar-refractivity contribution in [3.05, 3.63) is 40.5 Å². The summed E-state index contributed by atoms with van der Waals surface area (Å²) in [6.07, 6.45) is 1.84. The number of piperazine rings is 1. The summed E-state index contributed by atoms with van der Waals surface area (Å²) < 4.78 is 45.1. The molecule has 2 aliphatic heterocycles. The number of nitrogens with zero attached hydrogens (tertiary/aromatic N) is 4. The van der Waals surface area contributed by atoms with Gasteiger partial charge in [0.2, 0.25) is 5.91 Å². The molecule has 0 unspecified atom stereocenters. The highest BCUT2D eigenvalue weighted by Crippen LogP contribution is 2.37. The zero-order chi connectivity index (χ0) is 29.3. The zero-order valence-corrected chi connectivity index (χ0v) is 23.2. The van der Waals surface area contributed by atoms with E-state index in [9.17, 15) is 27.6 Å². The Morgan fingerprint density at radius 3 is 2.27 bits per heavy atom. The van der Waals surface area contributed by atoms with Crippen molar-refractivity contribution >= 4 is 23.4 Å². The first-order chi connectivity index (χ1) is 19.1. The van der Waals surface area contributed by atoms with Gasteiger partial charge in [-0.1, -0.05) is 25.7 Å². The van der Waals surface area contributed by atoms with Gasteiger partial charge in [-0.25, -0.2) is 4.90 Å². The van der Waals surface area contributed by atoms with E-state index in [1.165, 1.54) is 19.1 Å². The van der Waals surface area contributed by atoms with Crippen molar-refractivity contribution in [1.29, 1.82) is 5.26 Å². The van der Waals surface area contributed by atoms with Crippen LogP contribution in [0, 0.1) is 11.3 Å². The lowest BCUT2D eigenvalue weighted by Crippen LogP contribution is -2.49. The van der Waals surface area contributed by atoms with Gasteiger partial charge in [0.25, 0.3) is 11.8 Å². The van der Waals surface area contributed by atoms with Crippen LogP contribution in [0.4, 0.5) is 18.9 Å². The van der Waals surface area contributed by atoms with Crippen LogP contribution < -0.4 is 4.90 Å². The van der Waals surface area contributed by atoms with E-state index < -0.39 is 29.1 Å². The number of alkyl halides is 3. The summed E-state index contributed by atoms with van der Waals surface area (Å²) in [6.45, 7) is 6.27. The first kappa shape index (κ1) is 31.3. The fourth-order valence-electron chi connectivity index (χ4n) is 5.13. The monoisotopic (exact) mass is 562 g/mol. The molecule has 40 heavy (non-hydrogen) atoms. The van der Waals surface area contributed by atoms with Crippen molar-refractivity contribution in [1.82, 2.24) is 9.80 Å². The lowest BCUT2D eigenvalue weighted by atomic mass is 10.0. The average molecular weight is 563 g/mol. The van der Waals surface area contributed by atoms with Gasteiger partial charge in [0.15, 0.2) is 0 Å². The Labute approximate surface area is 233 Å². The molecule has 0 atom stereocenters. The molecule has 1 saturated heterocycles. The van der Waals surface area contributed by atoms with E-state index in [-0.39, 0.29) is 17.2 Å². The van der Waals surface area contributed by atoms with E-state index in [0.29, 0.717) is 37.5 Å². The molecule has 1 aromatic carbocycles. The number of anilines is 1. The van der Waals surface area contributed by atoms with Crippen LogP contribution in [-0.2, 0) is 25.3 Å². The number of amides is 3. The standard InChI is InChI=1S/C29H37F3N4O4/c1-21-24(28(39)36(27(21)38)23-11-10-22(20-33)25(19-23)29(30,31)32)9-7-5-3-4-6-8-13-34-14-16-35(17-15-34)26(37)12-18-40-2/h10-11,19H,3-9,12-18H2,1-2H3. The van der Waals surface area contributed by atoms with Gasteiger partial charge in [-0.15, -0.1) is 0 Å². The topological polar surface area (TPSA) is 93.9 Å². The summed E-state index contributed by atoms with van der Waals surface area (Å²) in [5.74, 6) is -1.08. The number of rotatable bonds is 13. The second kappa shape index (κ2) is 14.4. The molecule has 2 aliphatic rings. The van der Waals surface area contributed by atoms with Crippen LogP contribution in [0.15, 0.2) is 29.3 Å². The minimum Gasteiger partial charge on any atom is -0.384 e. The molecular formula is C29H37F3N4O4. The number of hydrogen-bond donors (Lipinski definition) is 0. The minimum absolute atomic E-state index is 0.147. The fourth-order valence-corrected chi connectivity index (χ4v) is 5.13. The molecule has 1 aromatic rings. The number of hydrogen-bond acceptors (Lipinski definition) is 6. The smallest absolute Gasteiger partial charge is 0.384 e. The van der Waals surface area contributed by atoms with Gasteiger partial charge < -0.3 is 9.64 Å². The largest absolute Gasteiger partial charge is 0.417 e. The number of unbranched alkanes of at least 4 members (excludes halogenated alkanes) is 5. The van der Waals surface area contributed by atoms with E-state index in [0.717, 1.165) is 75.8 Å². The molecule has 3 amide bonds. The van der Waals surface area contributed by atoms with Gasteiger partial charge in [0.1, 0.15) is 0 Å². The molecule has 0 N–H and O–H groups in total. The van der Waals surface area contributed by atoms with Crippen LogP contribution in [0.1, 0.15) is 69.4 Å². The van der Waals surface area contributed by atoms with Gasteiger partial charge >= 0.3 is 6.18 Å². The molecule has 0 aromatic heterocycles. The van der Waals surface area contributed by atoms with Crippen molar-refractivity contribution in [3.63, 3.8) is 0 Å². The summed E-state index contributed by atoms with van der Waals surface area (Å²) >= 11 is 0. The van der Waals surface area contributed by atoms with Crippen LogP contribution in [0.5, 0.6) is 0 Å². The van der Waals surface area contributed by atoms with Crippen molar-refractivity contribution in [3.8, 4) is 6.07 Å². The summed E-state index contributed by atoms with van der Waals surface area (Å²) in [6, 6.07) is 4.37. The molecule has 0 bridgehead atoms. The number of carbonyl (C=O) groups excluding carboxylic acids is 3. The number of methoxy groups -OCH3 is 1. The predicted octanol–water partition coefficient (Wildman–Crippen LogP) is 4.68. The van der Waals surface area contributed by atoms with Gasteiger partial charge in [0, 0.05) is 44.4 Å². The number of benzene rings is 1. The van der Waals surface area contributed by atoms with Crippen molar-refractivity contribution in [2.75, 3.05) is 51.3 Å². The lowest BCUT2D eigenvalue weighted by Gasteiger charge is -2.34. The minimum atomic E-state index is -4.78. The molecular weight excluding hydrogens is 525 g/mol. The second-order valence-corrected chi connectivity index (χ2v) is 10.2. The fraction of sp³-hybridized carbons (Fsp3) is 0.586. The maximum Gasteiger partial charge on any atom is 0.417 e. The first-order valence-corrected chi connectivity index (χ1v) is 13.8. The Bertz CT molecular complexity index is 1150. The SMILES string of the molecule is COCCC(=O)N1CCN(CCCCCCCCC2=C(C)C(=O)N(c3ccc(C#N)c(C(F)(F)F)c3)C2=O)CC1. The molecule has 0 radical (unpaired) electrons. The molecule has 2 heterocycles. The highest BCUT2D eigenvalue weighted by molar-refractivity contribution is 6.32. The maximum atomic E-state index is 13.4. The number of carbonyl (C=O) groups is 3. The Morgan fingerprint density at radius 2 is 1.65 bits per heavy atom. The number of halogens is 3. The summed E-state index contributed by atoms with van der Waals surface area (Å²) in [4.78, 5) is 42.8. The second-order valence-electron chi connectivity index (χ2n) is 10.2. The van der Waals surface area contributed by atoms with E-state index >= 15 is 0 Å². The van der Waals surface area contributed by atoms with E-state index in [4.69, 9.17) is 10.00 Å². The maximum absolute atomic E-state index is 13.4. The molecule has 11 heteroatoms.